The lowest BCUT2D eigenvalue weighted by Gasteiger charge is -2.31. The van der Waals surface area contributed by atoms with Crippen LogP contribution in [0.5, 0.6) is 69.0 Å². The molecule has 7 aromatic rings. The number of phenolic OH excluding ortho intramolecular Hbond substituents is 6. The zero-order chi connectivity index (χ0) is 61.3. The Morgan fingerprint density at radius 3 is 1.52 bits per heavy atom. The average Bonchev–Trinajstić information content (AvgIpc) is 1.21. The molecule has 0 unspecified atom stereocenters. The standard InChI is InChI=1S/C58H45Cl2N7O19/c59-31-12-22-3-7-36(31)85-39-15-25-16-40(51(39)75)86-37-8-4-23(13-32(37)60)50(74)48-57(81)65-46(58(82)83)30-18-27(69)19-35(72)41(30)29-11-21(2-5-33(29)70)43(53(77)67-48)62-55(79)45(25)63-54(78)44-24-9-26(68)17-28(10-24)84-38-14-20(1-6-34(38)71)42(61)52(76)66-47(49(22)73)56(80)64-44/h1-19,42-50,68-75H,61H2,(H,62,79)(H,63,78)(H,64,80)(H,65,81)(H,66,76)(H,67,77)(H,82,83)/t42-,43+,44+,45-,46+,47-,48+,49-,50-/m1/s1. The summed E-state index contributed by atoms with van der Waals surface area (Å²) in [6.07, 6.45) is -4.18. The minimum Gasteiger partial charge on any atom is -0.508 e. The van der Waals surface area contributed by atoms with Crippen LogP contribution < -0.4 is 51.8 Å². The number of nitrogens with one attached hydrogen (secondary N) is 6. The number of hydrogen-bond donors (Lipinski definition) is 16. The largest absolute Gasteiger partial charge is 0.508 e. The van der Waals surface area contributed by atoms with Crippen LogP contribution in [0.25, 0.3) is 11.1 Å². The van der Waals surface area contributed by atoms with Crippen LogP contribution in [0.3, 0.4) is 0 Å². The SMILES string of the molecule is N[C@H]1C(=O)N[C@H]2C(=O)N[C@H](C(=O)N[C@H]3C(=O)N[C@@H]4C(=O)N[C@H](C(=O)N[C@H](C(=O)O)c5cc(O)cc(O)c5-c5cc4ccc5O)[C@H](O)c4ccc(c(Cl)c4)Oc4cc3cc(c4O)Oc3ccc(cc3Cl)[C@H]2O)c2cc(O)cc(c2)Oc2cc1ccc2O. The third-order valence-corrected chi connectivity index (χ3v) is 15.2. The van der Waals surface area contributed by atoms with E-state index in [9.17, 15) is 65.1 Å². The van der Waals surface area contributed by atoms with Crippen LogP contribution in [0, 0.1) is 0 Å². The van der Waals surface area contributed by atoms with E-state index in [0.29, 0.717) is 0 Å². The summed E-state index contributed by atoms with van der Waals surface area (Å²) in [4.78, 5) is 103. The zero-order valence-corrected chi connectivity index (χ0v) is 45.1. The number of rotatable bonds is 1. The molecule has 0 aromatic heterocycles. The average molecular weight is 1210 g/mol. The van der Waals surface area contributed by atoms with Gasteiger partial charge in [-0.25, -0.2) is 4.79 Å². The molecule has 9 atom stereocenters. The van der Waals surface area contributed by atoms with E-state index in [1.807, 2.05) is 0 Å². The van der Waals surface area contributed by atoms with Gasteiger partial charge in [0.05, 0.1) is 10.0 Å². The minimum absolute atomic E-state index is 0.0357. The zero-order valence-electron chi connectivity index (χ0n) is 43.6. The molecule has 0 saturated heterocycles. The summed E-state index contributed by atoms with van der Waals surface area (Å²) < 4.78 is 18.3. The number of aliphatic hydroxyl groups is 2. The number of carboxylic acid groups (broad SMARTS) is 1. The first-order valence-electron chi connectivity index (χ1n) is 25.6. The fraction of sp³-hybridized carbons (Fsp3) is 0.155. The Morgan fingerprint density at radius 2 is 0.930 bits per heavy atom. The van der Waals surface area contributed by atoms with Gasteiger partial charge in [-0.15, -0.1) is 0 Å². The van der Waals surface area contributed by atoms with E-state index < -0.39 is 159 Å². The van der Waals surface area contributed by atoms with Gasteiger partial charge in [0.1, 0.15) is 88.7 Å². The number of halogens is 2. The molecular formula is C58H45Cl2N7O19. The molecule has 440 valence electrons. The summed E-state index contributed by atoms with van der Waals surface area (Å²) in [6.45, 7) is 0. The van der Waals surface area contributed by atoms with E-state index in [4.69, 9.17) is 43.1 Å². The van der Waals surface area contributed by atoms with E-state index in [0.717, 1.165) is 84.9 Å². The van der Waals surface area contributed by atoms with Crippen molar-refractivity contribution < 1.29 is 93.7 Å². The molecule has 0 radical (unpaired) electrons. The topological polar surface area (TPSA) is 427 Å². The van der Waals surface area contributed by atoms with Crippen LogP contribution in [-0.2, 0) is 33.6 Å². The summed E-state index contributed by atoms with van der Waals surface area (Å²) in [5, 5.41) is 116. The Labute approximate surface area is 492 Å². The molecule has 0 aliphatic carbocycles. The number of hydrogen-bond acceptors (Lipinski definition) is 19. The van der Waals surface area contributed by atoms with Gasteiger partial charge in [0.15, 0.2) is 29.0 Å². The number of ether oxygens (including phenoxy) is 3. The smallest absolute Gasteiger partial charge is 0.330 e. The predicted octanol–water partition coefficient (Wildman–Crippen LogP) is 4.48. The number of aromatic hydroxyl groups is 6. The van der Waals surface area contributed by atoms with E-state index in [1.165, 1.54) is 30.3 Å². The van der Waals surface area contributed by atoms with Crippen LogP contribution in [0.2, 0.25) is 10.0 Å². The van der Waals surface area contributed by atoms with Crippen LogP contribution in [0.4, 0.5) is 0 Å². The van der Waals surface area contributed by atoms with Gasteiger partial charge < -0.3 is 97.8 Å². The van der Waals surface area contributed by atoms with Gasteiger partial charge >= 0.3 is 5.97 Å². The predicted molar refractivity (Wildman–Crippen MR) is 296 cm³/mol. The number of phenols is 6. The van der Waals surface area contributed by atoms with Gasteiger partial charge in [0, 0.05) is 28.8 Å². The second kappa shape index (κ2) is 22.2. The summed E-state index contributed by atoms with van der Waals surface area (Å²) in [5.74, 6) is -16.0. The minimum atomic E-state index is -2.22. The Balaban J connectivity index is 1.15. The monoisotopic (exact) mass is 1210 g/mol. The number of fused-ring (bicyclic) bond motifs is 14. The van der Waals surface area contributed by atoms with E-state index in [2.05, 4.69) is 31.9 Å². The van der Waals surface area contributed by atoms with Crippen molar-refractivity contribution in [2.75, 3.05) is 0 Å². The van der Waals surface area contributed by atoms with Gasteiger partial charge in [0.25, 0.3) is 0 Å². The number of aliphatic hydroxyl groups excluding tert-OH is 2. The van der Waals surface area contributed by atoms with Crippen LogP contribution in [0.15, 0.2) is 115 Å². The number of carbonyl (C=O) groups excluding carboxylic acids is 6. The molecule has 6 amide bonds. The quantitative estimate of drug-likeness (QED) is 0.108. The maximum absolute atomic E-state index is 15.7. The maximum Gasteiger partial charge on any atom is 0.330 e. The maximum atomic E-state index is 15.7. The fourth-order valence-corrected chi connectivity index (χ4v) is 10.7. The molecule has 7 aromatic carbocycles. The second-order valence-corrected chi connectivity index (χ2v) is 21.0. The van der Waals surface area contributed by atoms with Crippen LogP contribution >= 0.6 is 23.2 Å². The van der Waals surface area contributed by atoms with Crippen molar-refractivity contribution in [1.29, 1.82) is 0 Å². The Kier molecular flexibility index (Phi) is 14.8. The molecule has 86 heavy (non-hydrogen) atoms. The molecule has 13 rings (SSSR count). The van der Waals surface area contributed by atoms with Crippen molar-refractivity contribution in [3.05, 3.63) is 164 Å². The van der Waals surface area contributed by atoms with Crippen LogP contribution in [-0.4, -0.2) is 99.5 Å². The van der Waals surface area contributed by atoms with Gasteiger partial charge in [-0.05, 0) is 112 Å². The van der Waals surface area contributed by atoms with Gasteiger partial charge in [-0.2, -0.15) is 0 Å². The number of benzene rings is 7. The first kappa shape index (κ1) is 57.3. The molecule has 0 saturated carbocycles. The van der Waals surface area contributed by atoms with E-state index >= 15 is 14.4 Å². The summed E-state index contributed by atoms with van der Waals surface area (Å²) in [5.41, 5.74) is 3.63. The lowest BCUT2D eigenvalue weighted by Crippen LogP contribution is -2.55. The van der Waals surface area contributed by atoms with Crippen molar-refractivity contribution in [2.45, 2.75) is 54.5 Å². The second-order valence-electron chi connectivity index (χ2n) is 20.2. The molecule has 0 fully saturated rings. The molecule has 0 spiro atoms. The fourth-order valence-electron chi connectivity index (χ4n) is 10.3. The third-order valence-electron chi connectivity index (χ3n) is 14.6. The molecule has 17 N–H and O–H groups in total. The third kappa shape index (κ3) is 10.8. The van der Waals surface area contributed by atoms with Crippen molar-refractivity contribution in [3.63, 3.8) is 0 Å². The van der Waals surface area contributed by atoms with Crippen molar-refractivity contribution >= 4 is 64.6 Å². The number of aliphatic carboxylic acids is 1. The molecule has 6 aliphatic rings. The summed E-state index contributed by atoms with van der Waals surface area (Å²) in [6, 6.07) is 6.15. The van der Waals surface area contributed by atoms with E-state index in [1.54, 1.807) is 0 Å². The van der Waals surface area contributed by atoms with Gasteiger partial charge in [0.2, 0.25) is 41.2 Å². The molecular weight excluding hydrogens is 1170 g/mol. The highest BCUT2D eigenvalue weighted by Crippen LogP contribution is 2.48. The summed E-state index contributed by atoms with van der Waals surface area (Å²) in [7, 11) is 0. The number of carbonyl (C=O) groups is 7. The van der Waals surface area contributed by atoms with Crippen LogP contribution in [0.1, 0.15) is 81.4 Å². The lowest BCUT2D eigenvalue weighted by molar-refractivity contribution is -0.143. The van der Waals surface area contributed by atoms with E-state index in [-0.39, 0.29) is 66.4 Å². The highest BCUT2D eigenvalue weighted by atomic mass is 35.5. The highest BCUT2D eigenvalue weighted by Gasteiger charge is 2.42. The normalized spacial score (nSPS) is 22.8. The lowest BCUT2D eigenvalue weighted by atomic mass is 9.89. The van der Waals surface area contributed by atoms with Crippen molar-refractivity contribution in [3.8, 4) is 80.1 Å². The number of amides is 6. The highest BCUT2D eigenvalue weighted by molar-refractivity contribution is 6.32. The molecule has 26 nitrogen and oxygen atoms in total. The first-order chi connectivity index (χ1) is 40.9. The number of carboxylic acids is 1. The van der Waals surface area contributed by atoms with Gasteiger partial charge in [-0.3, -0.25) is 28.8 Å². The molecule has 6 heterocycles. The van der Waals surface area contributed by atoms with Crippen molar-refractivity contribution in [2.24, 2.45) is 5.73 Å². The Morgan fingerprint density at radius 1 is 0.442 bits per heavy atom. The van der Waals surface area contributed by atoms with Crippen molar-refractivity contribution in [1.82, 2.24) is 31.9 Å². The summed E-state index contributed by atoms with van der Waals surface area (Å²) >= 11 is 13.6. The number of nitrogens with two attached hydrogens (primary N) is 1. The molecule has 6 aliphatic heterocycles. The first-order valence-corrected chi connectivity index (χ1v) is 26.4. The Hall–Kier alpha value is -10.5. The molecule has 17 bridgehead atoms. The molecule has 28 heteroatoms. The van der Waals surface area contributed by atoms with Gasteiger partial charge in [-0.1, -0.05) is 47.5 Å². The Bertz CT molecular complexity index is 4070.